The minimum atomic E-state index is -3.87. The average Bonchev–Trinajstić information content (AvgIpc) is 3.20. The summed E-state index contributed by atoms with van der Waals surface area (Å²) in [6.45, 7) is 4.68. The number of carbonyl (C=O) groups is 1. The van der Waals surface area contributed by atoms with Crippen molar-refractivity contribution >= 4 is 21.6 Å². The maximum Gasteiger partial charge on any atom is 0.280 e. The second kappa shape index (κ2) is 9.88. The van der Waals surface area contributed by atoms with Gasteiger partial charge in [-0.2, -0.15) is 8.42 Å². The average molecular weight is 466 g/mol. The molecule has 0 unspecified atom stereocenters. The van der Waals surface area contributed by atoms with E-state index in [-0.39, 0.29) is 42.0 Å². The highest BCUT2D eigenvalue weighted by Gasteiger charge is 2.30. The van der Waals surface area contributed by atoms with Gasteiger partial charge in [-0.15, -0.1) is 0 Å². The van der Waals surface area contributed by atoms with E-state index in [2.05, 4.69) is 15.0 Å². The standard InChI is InChI=1S/C21H31N5O5S/c1-14-10-26(15(2)12-27)21(28)8-16-7-17(5-6-18(16)31-19(14)9-22-3)24-32(29,30)20-11-25(4)13-23-20/h5-7,11,13-15,19,22,24,27H,8-10,12H2,1-4H3/t14-,15+,19-/m0/s1. The van der Waals surface area contributed by atoms with Crippen molar-refractivity contribution in [2.24, 2.45) is 13.0 Å². The highest BCUT2D eigenvalue weighted by atomic mass is 32.2. The summed E-state index contributed by atoms with van der Waals surface area (Å²) in [5, 5.41) is 12.7. The number of aryl methyl sites for hydroxylation is 1. The number of carbonyl (C=O) groups excluding carboxylic acids is 1. The molecule has 2 heterocycles. The zero-order valence-electron chi connectivity index (χ0n) is 18.8. The molecule has 1 aromatic heterocycles. The molecule has 1 amide bonds. The molecule has 3 atom stereocenters. The first-order chi connectivity index (χ1) is 15.1. The maximum atomic E-state index is 13.1. The summed E-state index contributed by atoms with van der Waals surface area (Å²) in [4.78, 5) is 18.7. The first kappa shape index (κ1) is 24.0. The molecule has 1 aliphatic heterocycles. The lowest BCUT2D eigenvalue weighted by Crippen LogP contribution is -2.47. The number of nitrogens with zero attached hydrogens (tertiary/aromatic N) is 3. The molecule has 1 aromatic carbocycles. The van der Waals surface area contributed by atoms with E-state index in [9.17, 15) is 18.3 Å². The Morgan fingerprint density at radius 3 is 2.75 bits per heavy atom. The Labute approximate surface area is 188 Å². The summed E-state index contributed by atoms with van der Waals surface area (Å²) < 4.78 is 35.6. The van der Waals surface area contributed by atoms with E-state index in [0.29, 0.717) is 30.1 Å². The van der Waals surface area contributed by atoms with Gasteiger partial charge in [-0.1, -0.05) is 6.92 Å². The summed E-state index contributed by atoms with van der Waals surface area (Å²) in [5.74, 6) is 0.386. The number of imidazole rings is 1. The van der Waals surface area contributed by atoms with Gasteiger partial charge in [0.05, 0.1) is 25.4 Å². The molecule has 32 heavy (non-hydrogen) atoms. The Bertz CT molecular complexity index is 1050. The van der Waals surface area contributed by atoms with E-state index in [1.165, 1.54) is 12.5 Å². The molecular formula is C21H31N5O5S. The van der Waals surface area contributed by atoms with Crippen molar-refractivity contribution in [3.05, 3.63) is 36.3 Å². The van der Waals surface area contributed by atoms with Crippen molar-refractivity contribution < 1.29 is 23.1 Å². The molecular weight excluding hydrogens is 434 g/mol. The molecule has 0 aliphatic carbocycles. The molecule has 0 bridgehead atoms. The Morgan fingerprint density at radius 2 is 2.12 bits per heavy atom. The van der Waals surface area contributed by atoms with Crippen LogP contribution in [0.5, 0.6) is 5.75 Å². The summed E-state index contributed by atoms with van der Waals surface area (Å²) in [6.07, 6.45) is 2.63. The topological polar surface area (TPSA) is 126 Å². The number of aliphatic hydroxyl groups excluding tert-OH is 1. The minimum absolute atomic E-state index is 0.00804. The largest absolute Gasteiger partial charge is 0.488 e. The predicted octanol–water partition coefficient (Wildman–Crippen LogP) is 0.589. The number of sulfonamides is 1. The first-order valence-corrected chi connectivity index (χ1v) is 12.0. The Hall–Kier alpha value is -2.63. The fourth-order valence-electron chi connectivity index (χ4n) is 3.67. The number of hydrogen-bond acceptors (Lipinski definition) is 7. The number of aromatic nitrogens is 2. The third-order valence-corrected chi connectivity index (χ3v) is 6.80. The van der Waals surface area contributed by atoms with Crippen LogP contribution in [0.25, 0.3) is 0 Å². The zero-order valence-corrected chi connectivity index (χ0v) is 19.6. The molecule has 3 N–H and O–H groups in total. The molecule has 0 spiro atoms. The number of amides is 1. The van der Waals surface area contributed by atoms with Crippen LogP contribution in [0, 0.1) is 5.92 Å². The number of aliphatic hydroxyl groups is 1. The monoisotopic (exact) mass is 465 g/mol. The van der Waals surface area contributed by atoms with Crippen LogP contribution in [0.15, 0.2) is 35.7 Å². The van der Waals surface area contributed by atoms with Crippen LogP contribution in [-0.2, 0) is 28.3 Å². The molecule has 10 nitrogen and oxygen atoms in total. The molecule has 176 valence electrons. The number of hydrogen-bond donors (Lipinski definition) is 3. The van der Waals surface area contributed by atoms with E-state index >= 15 is 0 Å². The van der Waals surface area contributed by atoms with Crippen molar-refractivity contribution in [1.82, 2.24) is 19.8 Å². The second-order valence-electron chi connectivity index (χ2n) is 8.25. The molecule has 0 saturated heterocycles. The number of nitrogens with one attached hydrogen (secondary N) is 2. The van der Waals surface area contributed by atoms with Gasteiger partial charge in [0.1, 0.15) is 11.9 Å². The van der Waals surface area contributed by atoms with Gasteiger partial charge in [0, 0.05) is 43.5 Å². The highest BCUT2D eigenvalue weighted by Crippen LogP contribution is 2.29. The van der Waals surface area contributed by atoms with E-state index in [1.54, 1.807) is 41.6 Å². The van der Waals surface area contributed by atoms with Gasteiger partial charge in [0.25, 0.3) is 10.0 Å². The van der Waals surface area contributed by atoms with Crippen LogP contribution in [0.1, 0.15) is 19.4 Å². The Morgan fingerprint density at radius 1 is 1.38 bits per heavy atom. The smallest absolute Gasteiger partial charge is 0.280 e. The van der Waals surface area contributed by atoms with Crippen molar-refractivity contribution in [2.75, 3.05) is 31.5 Å². The number of anilines is 1. The molecule has 2 aromatic rings. The first-order valence-electron chi connectivity index (χ1n) is 10.5. The Kier molecular flexibility index (Phi) is 7.42. The van der Waals surface area contributed by atoms with Gasteiger partial charge in [0.15, 0.2) is 5.03 Å². The van der Waals surface area contributed by atoms with Crippen LogP contribution >= 0.6 is 0 Å². The zero-order chi connectivity index (χ0) is 23.5. The second-order valence-corrected chi connectivity index (χ2v) is 9.88. The number of benzene rings is 1. The van der Waals surface area contributed by atoms with Crippen LogP contribution in [0.3, 0.4) is 0 Å². The number of fused-ring (bicyclic) bond motifs is 1. The lowest BCUT2D eigenvalue weighted by atomic mass is 10.0. The van der Waals surface area contributed by atoms with E-state index in [0.717, 1.165) is 0 Å². The molecule has 11 heteroatoms. The van der Waals surface area contributed by atoms with Crippen molar-refractivity contribution in [3.8, 4) is 5.75 Å². The fourth-order valence-corrected chi connectivity index (χ4v) is 4.71. The molecule has 0 fully saturated rings. The lowest BCUT2D eigenvalue weighted by Gasteiger charge is -2.32. The fraction of sp³-hybridized carbons (Fsp3) is 0.524. The summed E-state index contributed by atoms with van der Waals surface area (Å²) >= 11 is 0. The van der Waals surface area contributed by atoms with Gasteiger partial charge in [-0.3, -0.25) is 9.52 Å². The number of ether oxygens (including phenoxy) is 1. The predicted molar refractivity (Wildman–Crippen MR) is 120 cm³/mol. The van der Waals surface area contributed by atoms with Gasteiger partial charge in [-0.25, -0.2) is 4.98 Å². The number of likely N-dealkylation sites (N-methyl/N-ethyl adjacent to an activating group) is 1. The molecule has 0 saturated carbocycles. The maximum absolute atomic E-state index is 13.1. The highest BCUT2D eigenvalue weighted by molar-refractivity contribution is 7.92. The van der Waals surface area contributed by atoms with Crippen LogP contribution in [-0.4, -0.2) is 72.8 Å². The van der Waals surface area contributed by atoms with Crippen LogP contribution < -0.4 is 14.8 Å². The summed E-state index contributed by atoms with van der Waals surface area (Å²) in [5.41, 5.74) is 0.881. The van der Waals surface area contributed by atoms with E-state index < -0.39 is 10.0 Å². The van der Waals surface area contributed by atoms with Crippen molar-refractivity contribution in [2.45, 2.75) is 37.4 Å². The SMILES string of the molecule is CNC[C@@H]1Oc2ccc(NS(=O)(=O)c3cn(C)cn3)cc2CC(=O)N([C@H](C)CO)C[C@@H]1C. The van der Waals surface area contributed by atoms with Crippen molar-refractivity contribution in [1.29, 1.82) is 0 Å². The molecule has 1 aliphatic rings. The van der Waals surface area contributed by atoms with Crippen LogP contribution in [0.4, 0.5) is 5.69 Å². The van der Waals surface area contributed by atoms with E-state index in [1.807, 2.05) is 14.0 Å². The molecule has 3 rings (SSSR count). The van der Waals surface area contributed by atoms with Gasteiger partial charge >= 0.3 is 0 Å². The summed E-state index contributed by atoms with van der Waals surface area (Å²) in [7, 11) is -0.356. The quantitative estimate of drug-likeness (QED) is 0.546. The van der Waals surface area contributed by atoms with Gasteiger partial charge in [0.2, 0.25) is 5.91 Å². The van der Waals surface area contributed by atoms with Crippen LogP contribution in [0.2, 0.25) is 0 Å². The normalized spacial score (nSPS) is 20.5. The van der Waals surface area contributed by atoms with Gasteiger partial charge in [-0.05, 0) is 32.2 Å². The third kappa shape index (κ3) is 5.40. The van der Waals surface area contributed by atoms with Crippen molar-refractivity contribution in [3.63, 3.8) is 0 Å². The lowest BCUT2D eigenvalue weighted by molar-refractivity contribution is -0.134. The van der Waals surface area contributed by atoms with Gasteiger partial charge < -0.3 is 24.6 Å². The summed E-state index contributed by atoms with van der Waals surface area (Å²) in [6, 6.07) is 4.56. The Balaban J connectivity index is 1.96. The molecule has 0 radical (unpaired) electrons. The minimum Gasteiger partial charge on any atom is -0.488 e. The van der Waals surface area contributed by atoms with E-state index in [4.69, 9.17) is 4.74 Å². The number of rotatable bonds is 7. The third-order valence-electron chi connectivity index (χ3n) is 5.53.